The Bertz CT molecular complexity index is 838. The first kappa shape index (κ1) is 28.5. The zero-order valence-corrected chi connectivity index (χ0v) is 21.4. The van der Waals surface area contributed by atoms with Gasteiger partial charge < -0.3 is 19.7 Å². The van der Waals surface area contributed by atoms with Gasteiger partial charge >= 0.3 is 5.97 Å². The Labute approximate surface area is 199 Å². The highest BCUT2D eigenvalue weighted by Crippen LogP contribution is 2.41. The van der Waals surface area contributed by atoms with Crippen molar-refractivity contribution in [1.29, 1.82) is 0 Å². The average molecular weight is 459 g/mol. The highest BCUT2D eigenvalue weighted by molar-refractivity contribution is 5.79. The van der Waals surface area contributed by atoms with E-state index < -0.39 is 12.1 Å². The fourth-order valence-electron chi connectivity index (χ4n) is 3.67. The number of benzene rings is 1. The molecule has 0 aromatic heterocycles. The Morgan fingerprint density at radius 3 is 2.33 bits per heavy atom. The molecule has 0 fully saturated rings. The molecule has 0 saturated heterocycles. The highest BCUT2D eigenvalue weighted by atomic mass is 16.5. The van der Waals surface area contributed by atoms with Gasteiger partial charge in [0, 0.05) is 6.08 Å². The summed E-state index contributed by atoms with van der Waals surface area (Å²) in [6.45, 7) is 14.7. The van der Waals surface area contributed by atoms with Crippen LogP contribution in [0.1, 0.15) is 71.9 Å². The molecule has 5 heteroatoms. The summed E-state index contributed by atoms with van der Waals surface area (Å²) in [4.78, 5) is 10.8. The molecule has 1 unspecified atom stereocenters. The lowest BCUT2D eigenvalue weighted by Gasteiger charge is -2.35. The van der Waals surface area contributed by atoms with Crippen molar-refractivity contribution < 1.29 is 24.5 Å². The number of rotatable bonds is 13. The summed E-state index contributed by atoms with van der Waals surface area (Å²) >= 11 is 0. The lowest BCUT2D eigenvalue weighted by Crippen LogP contribution is -2.32. The summed E-state index contributed by atoms with van der Waals surface area (Å²) in [5, 5.41) is 19.2. The summed E-state index contributed by atoms with van der Waals surface area (Å²) < 4.78 is 12.1. The summed E-state index contributed by atoms with van der Waals surface area (Å²) in [5.74, 6) is 0.614. The monoisotopic (exact) mass is 458 g/mol. The first-order valence-corrected chi connectivity index (χ1v) is 11.8. The van der Waals surface area contributed by atoms with Crippen molar-refractivity contribution in [3.8, 4) is 5.75 Å². The molecule has 0 amide bonds. The molecule has 0 aliphatic carbocycles. The summed E-state index contributed by atoms with van der Waals surface area (Å²) in [7, 11) is 0. The van der Waals surface area contributed by atoms with Crippen LogP contribution in [0.5, 0.6) is 5.75 Å². The van der Waals surface area contributed by atoms with Crippen LogP contribution in [0.15, 0.2) is 54.3 Å². The van der Waals surface area contributed by atoms with Gasteiger partial charge in [0.2, 0.25) is 0 Å². The minimum atomic E-state index is -0.988. The van der Waals surface area contributed by atoms with Crippen molar-refractivity contribution in [3.63, 3.8) is 0 Å². The number of carboxylic acids is 1. The van der Waals surface area contributed by atoms with Crippen LogP contribution in [0.3, 0.4) is 0 Å². The minimum absolute atomic E-state index is 0.195. The van der Waals surface area contributed by atoms with Crippen LogP contribution in [-0.2, 0) is 14.9 Å². The molecule has 1 aromatic carbocycles. The van der Waals surface area contributed by atoms with E-state index in [9.17, 15) is 9.90 Å². The van der Waals surface area contributed by atoms with Gasteiger partial charge in [-0.25, -0.2) is 4.79 Å². The van der Waals surface area contributed by atoms with E-state index in [2.05, 4.69) is 38.1 Å². The number of aliphatic hydroxyl groups is 1. The second-order valence-corrected chi connectivity index (χ2v) is 9.39. The molecule has 1 aromatic rings. The summed E-state index contributed by atoms with van der Waals surface area (Å²) in [5.41, 5.74) is 1.54. The Balaban J connectivity index is 3.27. The number of carboxylic acid groups (broad SMARTS) is 1. The van der Waals surface area contributed by atoms with Crippen molar-refractivity contribution in [2.24, 2.45) is 5.41 Å². The Kier molecular flexibility index (Phi) is 11.4. The van der Waals surface area contributed by atoms with Crippen LogP contribution < -0.4 is 4.74 Å². The van der Waals surface area contributed by atoms with Gasteiger partial charge in [0.05, 0.1) is 11.5 Å². The Hall–Kier alpha value is -2.53. The van der Waals surface area contributed by atoms with Gasteiger partial charge in [0.15, 0.2) is 0 Å². The number of allylic oxidation sites excluding steroid dienone is 4. The summed E-state index contributed by atoms with van der Waals surface area (Å²) in [6, 6.07) is 6.17. The number of hydrogen-bond donors (Lipinski definition) is 2. The van der Waals surface area contributed by atoms with Gasteiger partial charge in [-0.3, -0.25) is 0 Å². The lowest BCUT2D eigenvalue weighted by molar-refractivity contribution is -0.131. The second kappa shape index (κ2) is 13.2. The number of aliphatic hydroxyl groups excluding tert-OH is 1. The fraction of sp³-hybridized carbons (Fsp3) is 0.536. The van der Waals surface area contributed by atoms with E-state index in [4.69, 9.17) is 14.6 Å². The van der Waals surface area contributed by atoms with Crippen molar-refractivity contribution in [3.05, 3.63) is 65.5 Å². The molecule has 0 saturated carbocycles. The van der Waals surface area contributed by atoms with Crippen LogP contribution in [0.25, 0.3) is 0 Å². The van der Waals surface area contributed by atoms with Crippen LogP contribution in [0.4, 0.5) is 0 Å². The van der Waals surface area contributed by atoms with Crippen molar-refractivity contribution in [2.75, 3.05) is 13.2 Å². The quantitative estimate of drug-likeness (QED) is 0.205. The molecule has 184 valence electrons. The van der Waals surface area contributed by atoms with Crippen LogP contribution in [-0.4, -0.2) is 35.5 Å². The highest BCUT2D eigenvalue weighted by Gasteiger charge is 2.35. The third kappa shape index (κ3) is 8.39. The third-order valence-corrected chi connectivity index (χ3v) is 6.07. The number of aliphatic carboxylic acids is 1. The van der Waals surface area contributed by atoms with Crippen molar-refractivity contribution >= 4 is 5.97 Å². The van der Waals surface area contributed by atoms with Gasteiger partial charge in [-0.2, -0.15) is 0 Å². The topological polar surface area (TPSA) is 76.0 Å². The lowest BCUT2D eigenvalue weighted by atomic mass is 9.73. The normalized spacial score (nSPS) is 14.1. The van der Waals surface area contributed by atoms with E-state index in [0.29, 0.717) is 0 Å². The molecular weight excluding hydrogens is 416 g/mol. The minimum Gasteiger partial charge on any atom is -0.493 e. The molecule has 0 aliphatic heterocycles. The standard InChI is InChI=1S/C28H42O5/c1-8-11-12-14-25(32-18-13-15-26(30)31)28(9-2,10-3)22-16-17-23(21(4)19-22)33-20-24(29)27(5,6)7/h8,11,13-17,19,24,29H,9-10,12,18,20H2,1-7H3,(H,30,31)/b11-8-,15-13+,25-14-. The maximum atomic E-state index is 10.8. The first-order chi connectivity index (χ1) is 15.5. The van der Waals surface area contributed by atoms with E-state index in [-0.39, 0.29) is 24.0 Å². The van der Waals surface area contributed by atoms with Gasteiger partial charge in [-0.15, -0.1) is 0 Å². The van der Waals surface area contributed by atoms with Gasteiger partial charge in [-0.05, 0) is 67.9 Å². The van der Waals surface area contributed by atoms with Gasteiger partial charge in [0.25, 0.3) is 0 Å². The average Bonchev–Trinajstić information content (AvgIpc) is 2.75. The molecule has 0 aliphatic rings. The molecule has 0 heterocycles. The maximum Gasteiger partial charge on any atom is 0.328 e. The third-order valence-electron chi connectivity index (χ3n) is 6.07. The molecular formula is C28H42O5. The molecule has 0 spiro atoms. The largest absolute Gasteiger partial charge is 0.493 e. The molecule has 5 nitrogen and oxygen atoms in total. The maximum absolute atomic E-state index is 10.8. The smallest absolute Gasteiger partial charge is 0.328 e. The summed E-state index contributed by atoms with van der Waals surface area (Å²) in [6.07, 6.45) is 10.6. The number of carbonyl (C=O) groups is 1. The molecule has 1 atom stereocenters. The zero-order chi connectivity index (χ0) is 25.1. The second-order valence-electron chi connectivity index (χ2n) is 9.39. The zero-order valence-electron chi connectivity index (χ0n) is 21.4. The van der Waals surface area contributed by atoms with E-state index >= 15 is 0 Å². The van der Waals surface area contributed by atoms with Crippen LogP contribution in [0.2, 0.25) is 0 Å². The van der Waals surface area contributed by atoms with Gasteiger partial charge in [-0.1, -0.05) is 58.9 Å². The number of ether oxygens (including phenoxy) is 2. The van der Waals surface area contributed by atoms with Crippen LogP contribution >= 0.6 is 0 Å². The SMILES string of the molecule is C/C=C\C/C=C(\OC/C=C/C(=O)O)C(CC)(CC)c1ccc(OCC(O)C(C)(C)C)c(C)c1. The van der Waals surface area contributed by atoms with E-state index in [1.165, 1.54) is 6.08 Å². The fourth-order valence-corrected chi connectivity index (χ4v) is 3.67. The van der Waals surface area contributed by atoms with E-state index in [1.807, 2.05) is 46.8 Å². The van der Waals surface area contributed by atoms with Crippen molar-refractivity contribution in [1.82, 2.24) is 0 Å². The van der Waals surface area contributed by atoms with Crippen molar-refractivity contribution in [2.45, 2.75) is 79.2 Å². The Morgan fingerprint density at radius 2 is 1.82 bits per heavy atom. The Morgan fingerprint density at radius 1 is 1.15 bits per heavy atom. The first-order valence-electron chi connectivity index (χ1n) is 11.8. The number of hydrogen-bond acceptors (Lipinski definition) is 4. The predicted octanol–water partition coefficient (Wildman–Crippen LogP) is 6.35. The molecule has 2 N–H and O–H groups in total. The molecule has 0 radical (unpaired) electrons. The molecule has 1 rings (SSSR count). The van der Waals surface area contributed by atoms with Crippen LogP contribution in [0, 0.1) is 12.3 Å². The molecule has 33 heavy (non-hydrogen) atoms. The van der Waals surface area contributed by atoms with E-state index in [0.717, 1.165) is 48.0 Å². The molecule has 0 bridgehead atoms. The van der Waals surface area contributed by atoms with Gasteiger partial charge in [0.1, 0.15) is 24.7 Å². The number of aryl methyl sites for hydroxylation is 1. The predicted molar refractivity (Wildman–Crippen MR) is 135 cm³/mol. The van der Waals surface area contributed by atoms with E-state index in [1.54, 1.807) is 0 Å².